The normalized spacial score (nSPS) is 19.7. The molecule has 0 saturated carbocycles. The molecule has 1 amide bonds. The molecule has 1 unspecified atom stereocenters. The number of nitrogens with zero attached hydrogens (tertiary/aromatic N) is 1. The second kappa shape index (κ2) is 5.91. The van der Waals surface area contributed by atoms with Gasteiger partial charge in [-0.1, -0.05) is 29.8 Å². The lowest BCUT2D eigenvalue weighted by molar-refractivity contribution is -0.139. The Morgan fingerprint density at radius 1 is 1.22 bits per heavy atom. The number of carboxylic acid groups (broad SMARTS) is 1. The number of likely N-dealkylation sites (N-methyl/N-ethyl adjacent to an activating group) is 1. The van der Waals surface area contributed by atoms with E-state index in [2.05, 4.69) is 0 Å². The van der Waals surface area contributed by atoms with E-state index in [1.165, 1.54) is 16.7 Å². The highest BCUT2D eigenvalue weighted by molar-refractivity contribution is 8.01. The van der Waals surface area contributed by atoms with Crippen LogP contribution in [0.2, 0.25) is 5.02 Å². The lowest BCUT2D eigenvalue weighted by atomic mass is 9.96. The van der Waals surface area contributed by atoms with Crippen molar-refractivity contribution in [3.63, 3.8) is 0 Å². The molecule has 1 N–H and O–H groups in total. The predicted octanol–water partition coefficient (Wildman–Crippen LogP) is 3.78. The minimum absolute atomic E-state index is 0.221. The Bertz CT molecular complexity index is 778. The van der Waals surface area contributed by atoms with E-state index in [1.54, 1.807) is 31.3 Å². The molecule has 0 saturated heterocycles. The van der Waals surface area contributed by atoms with Gasteiger partial charge in [0.25, 0.3) is 0 Å². The number of halogens is 1. The van der Waals surface area contributed by atoms with Crippen LogP contribution >= 0.6 is 23.4 Å². The van der Waals surface area contributed by atoms with E-state index in [0.29, 0.717) is 5.02 Å². The monoisotopic (exact) mass is 347 g/mol. The molecule has 1 aliphatic heterocycles. The summed E-state index contributed by atoms with van der Waals surface area (Å²) in [5.74, 6) is -1.23. The lowest BCUT2D eigenvalue weighted by Gasteiger charge is -2.26. The van der Waals surface area contributed by atoms with Crippen LogP contribution in [0.5, 0.6) is 0 Å². The summed E-state index contributed by atoms with van der Waals surface area (Å²) in [6.07, 6.45) is -0.277. The molecule has 118 valence electrons. The SMILES string of the molecule is CN1C(=O)C(CC(=O)O)(Sc2ccc(Cl)cc2)c2ccccc21. The summed E-state index contributed by atoms with van der Waals surface area (Å²) in [4.78, 5) is 26.7. The van der Waals surface area contributed by atoms with Crippen molar-refractivity contribution in [3.8, 4) is 0 Å². The fourth-order valence-electron chi connectivity index (χ4n) is 2.83. The maximum atomic E-state index is 12.9. The van der Waals surface area contributed by atoms with Gasteiger partial charge in [0.2, 0.25) is 5.91 Å². The van der Waals surface area contributed by atoms with Crippen LogP contribution in [-0.4, -0.2) is 24.0 Å². The van der Waals surface area contributed by atoms with Crippen LogP contribution in [0, 0.1) is 0 Å². The average molecular weight is 348 g/mol. The Labute approximate surface area is 143 Å². The van der Waals surface area contributed by atoms with Gasteiger partial charge in [0, 0.05) is 28.2 Å². The van der Waals surface area contributed by atoms with Crippen LogP contribution in [0.3, 0.4) is 0 Å². The third kappa shape index (κ3) is 2.71. The summed E-state index contributed by atoms with van der Waals surface area (Å²) >= 11 is 7.16. The molecule has 2 aromatic carbocycles. The number of anilines is 1. The Hall–Kier alpha value is -1.98. The lowest BCUT2D eigenvalue weighted by Crippen LogP contribution is -2.37. The Morgan fingerprint density at radius 3 is 2.52 bits per heavy atom. The van der Waals surface area contributed by atoms with Gasteiger partial charge in [0.1, 0.15) is 4.75 Å². The number of fused-ring (bicyclic) bond motifs is 1. The van der Waals surface area contributed by atoms with Crippen LogP contribution in [-0.2, 0) is 14.3 Å². The molecule has 0 bridgehead atoms. The number of aliphatic carboxylic acids is 1. The number of amides is 1. The maximum absolute atomic E-state index is 12.9. The average Bonchev–Trinajstić information content (AvgIpc) is 2.72. The summed E-state index contributed by atoms with van der Waals surface area (Å²) in [6.45, 7) is 0. The van der Waals surface area contributed by atoms with Crippen molar-refractivity contribution in [1.82, 2.24) is 0 Å². The van der Waals surface area contributed by atoms with E-state index in [4.69, 9.17) is 11.6 Å². The van der Waals surface area contributed by atoms with Gasteiger partial charge in [0.15, 0.2) is 0 Å². The first-order valence-corrected chi connectivity index (χ1v) is 8.17. The fourth-order valence-corrected chi connectivity index (χ4v) is 4.33. The number of thioether (sulfide) groups is 1. The van der Waals surface area contributed by atoms with Gasteiger partial charge >= 0.3 is 5.97 Å². The van der Waals surface area contributed by atoms with E-state index >= 15 is 0 Å². The minimum atomic E-state index is -1.16. The zero-order valence-corrected chi connectivity index (χ0v) is 13.9. The topological polar surface area (TPSA) is 57.6 Å². The van der Waals surface area contributed by atoms with Gasteiger partial charge in [-0.2, -0.15) is 0 Å². The van der Waals surface area contributed by atoms with Crippen LogP contribution in [0.25, 0.3) is 0 Å². The first-order valence-electron chi connectivity index (χ1n) is 6.98. The second-order valence-corrected chi connectivity index (χ2v) is 7.14. The van der Waals surface area contributed by atoms with E-state index in [9.17, 15) is 14.7 Å². The van der Waals surface area contributed by atoms with Crippen LogP contribution in [0.15, 0.2) is 53.4 Å². The molecule has 0 fully saturated rings. The van der Waals surface area contributed by atoms with Crippen LogP contribution in [0.4, 0.5) is 5.69 Å². The summed E-state index contributed by atoms with van der Waals surface area (Å²) in [7, 11) is 1.67. The van der Waals surface area contributed by atoms with E-state index in [-0.39, 0.29) is 12.3 Å². The molecule has 0 aromatic heterocycles. The van der Waals surface area contributed by atoms with Crippen LogP contribution < -0.4 is 4.90 Å². The van der Waals surface area contributed by atoms with Crippen molar-refractivity contribution in [2.75, 3.05) is 11.9 Å². The minimum Gasteiger partial charge on any atom is -0.481 e. The maximum Gasteiger partial charge on any atom is 0.305 e. The number of carbonyl (C=O) groups is 2. The fraction of sp³-hybridized carbons (Fsp3) is 0.176. The Kier molecular flexibility index (Phi) is 4.08. The molecule has 0 aliphatic carbocycles. The van der Waals surface area contributed by atoms with Crippen molar-refractivity contribution in [2.24, 2.45) is 0 Å². The molecule has 1 atom stereocenters. The van der Waals surface area contributed by atoms with E-state index < -0.39 is 10.7 Å². The summed E-state index contributed by atoms with van der Waals surface area (Å²) in [5, 5.41) is 9.98. The number of rotatable bonds is 4. The molecule has 4 nitrogen and oxygen atoms in total. The second-order valence-electron chi connectivity index (χ2n) is 5.33. The van der Waals surface area contributed by atoms with E-state index in [1.807, 2.05) is 24.3 Å². The van der Waals surface area contributed by atoms with Crippen molar-refractivity contribution in [1.29, 1.82) is 0 Å². The van der Waals surface area contributed by atoms with Gasteiger partial charge in [-0.25, -0.2) is 0 Å². The number of hydrogen-bond donors (Lipinski definition) is 1. The van der Waals surface area contributed by atoms with Gasteiger partial charge in [-0.3, -0.25) is 9.59 Å². The summed E-state index contributed by atoms with van der Waals surface area (Å²) in [5.41, 5.74) is 1.48. The molecule has 0 spiro atoms. The van der Waals surface area contributed by atoms with Crippen molar-refractivity contribution in [2.45, 2.75) is 16.1 Å². The van der Waals surface area contributed by atoms with Gasteiger partial charge in [-0.05, 0) is 30.3 Å². The smallest absolute Gasteiger partial charge is 0.305 e. The molecule has 2 aromatic rings. The van der Waals surface area contributed by atoms with Crippen molar-refractivity contribution >= 4 is 40.9 Å². The number of benzene rings is 2. The number of hydrogen-bond acceptors (Lipinski definition) is 3. The van der Waals surface area contributed by atoms with Crippen molar-refractivity contribution in [3.05, 3.63) is 59.1 Å². The Balaban J connectivity index is 2.12. The number of para-hydroxylation sites is 1. The quantitative estimate of drug-likeness (QED) is 0.914. The molecular formula is C17H14ClNO3S. The largest absolute Gasteiger partial charge is 0.481 e. The highest BCUT2D eigenvalue weighted by Crippen LogP contribution is 2.53. The highest BCUT2D eigenvalue weighted by atomic mass is 35.5. The summed E-state index contributed by atoms with van der Waals surface area (Å²) in [6, 6.07) is 14.4. The molecule has 23 heavy (non-hydrogen) atoms. The number of carbonyl (C=O) groups excluding carboxylic acids is 1. The van der Waals surface area contributed by atoms with Gasteiger partial charge < -0.3 is 10.0 Å². The van der Waals surface area contributed by atoms with Gasteiger partial charge in [0.05, 0.1) is 6.42 Å². The Morgan fingerprint density at radius 2 is 1.87 bits per heavy atom. The first kappa shape index (κ1) is 15.9. The molecule has 3 rings (SSSR count). The standard InChI is InChI=1S/C17H14ClNO3S/c1-19-14-5-3-2-4-13(14)17(16(19)22,10-15(20)21)23-12-8-6-11(18)7-9-12/h2-9H,10H2,1H3,(H,20,21). The van der Waals surface area contributed by atoms with E-state index in [0.717, 1.165) is 16.1 Å². The molecule has 1 heterocycles. The van der Waals surface area contributed by atoms with Crippen molar-refractivity contribution < 1.29 is 14.7 Å². The third-order valence-corrected chi connectivity index (χ3v) is 5.50. The summed E-state index contributed by atoms with van der Waals surface area (Å²) < 4.78 is -1.16. The predicted molar refractivity (Wildman–Crippen MR) is 91.1 cm³/mol. The number of carboxylic acids is 1. The first-order chi connectivity index (χ1) is 10.9. The van der Waals surface area contributed by atoms with Crippen LogP contribution in [0.1, 0.15) is 12.0 Å². The molecule has 6 heteroatoms. The molecule has 0 radical (unpaired) electrons. The molecular weight excluding hydrogens is 334 g/mol. The third-order valence-electron chi connectivity index (χ3n) is 3.86. The highest BCUT2D eigenvalue weighted by Gasteiger charge is 2.51. The zero-order valence-electron chi connectivity index (χ0n) is 12.3. The molecule has 1 aliphatic rings. The zero-order chi connectivity index (χ0) is 16.6. The van der Waals surface area contributed by atoms with Gasteiger partial charge in [-0.15, -0.1) is 11.8 Å².